The van der Waals surface area contributed by atoms with Gasteiger partial charge in [-0.05, 0) is 19.4 Å². The minimum Gasteiger partial charge on any atom is -0.377 e. The van der Waals surface area contributed by atoms with Gasteiger partial charge in [0.1, 0.15) is 6.61 Å². The zero-order chi connectivity index (χ0) is 9.80. The third kappa shape index (κ3) is 2.30. The number of nitrogens with one attached hydrogen (secondary N) is 1. The number of ether oxygens (including phenoxy) is 1. The number of aromatic nitrogens is 2. The van der Waals surface area contributed by atoms with Crippen molar-refractivity contribution >= 4 is 0 Å². The van der Waals surface area contributed by atoms with Gasteiger partial charge in [-0.2, -0.15) is 4.98 Å². The molecule has 1 aromatic rings. The van der Waals surface area contributed by atoms with Crippen molar-refractivity contribution in [2.45, 2.75) is 31.9 Å². The van der Waals surface area contributed by atoms with E-state index in [0.717, 1.165) is 13.0 Å². The largest absolute Gasteiger partial charge is 0.377 e. The van der Waals surface area contributed by atoms with Gasteiger partial charge < -0.3 is 14.6 Å². The normalized spacial score (nSPS) is 21.6. The van der Waals surface area contributed by atoms with Crippen molar-refractivity contribution in [2.24, 2.45) is 0 Å². The molecule has 2 rings (SSSR count). The number of hydrogen-bond acceptors (Lipinski definition) is 5. The molecule has 1 fully saturated rings. The summed E-state index contributed by atoms with van der Waals surface area (Å²) >= 11 is 0. The molecule has 1 aliphatic heterocycles. The summed E-state index contributed by atoms with van der Waals surface area (Å²) in [6.07, 6.45) is 3.27. The fourth-order valence-corrected chi connectivity index (χ4v) is 1.70. The summed E-state index contributed by atoms with van der Waals surface area (Å²) in [4.78, 5) is 4.22. The van der Waals surface area contributed by atoms with Crippen LogP contribution in [0.3, 0.4) is 0 Å². The molecule has 0 aromatic carbocycles. The summed E-state index contributed by atoms with van der Waals surface area (Å²) < 4.78 is 10.0. The lowest BCUT2D eigenvalue weighted by Crippen LogP contribution is -2.23. The average molecular weight is 197 g/mol. The summed E-state index contributed by atoms with van der Waals surface area (Å²) in [5.41, 5.74) is 0. The van der Waals surface area contributed by atoms with Gasteiger partial charge in [0.05, 0.1) is 0 Å². The van der Waals surface area contributed by atoms with Crippen LogP contribution < -0.4 is 5.32 Å². The van der Waals surface area contributed by atoms with Crippen LogP contribution in [-0.4, -0.2) is 29.8 Å². The van der Waals surface area contributed by atoms with E-state index in [1.165, 1.54) is 12.8 Å². The van der Waals surface area contributed by atoms with E-state index < -0.39 is 0 Å². The Morgan fingerprint density at radius 3 is 3.29 bits per heavy atom. The zero-order valence-electron chi connectivity index (χ0n) is 8.32. The minimum absolute atomic E-state index is 0.418. The Hall–Kier alpha value is -0.940. The quantitative estimate of drug-likeness (QED) is 0.762. The van der Waals surface area contributed by atoms with Gasteiger partial charge in [0.2, 0.25) is 5.89 Å². The maximum atomic E-state index is 5.10. The SMILES string of the molecule is COCc1noc(CC2CCCN2)n1. The fraction of sp³-hybridized carbons (Fsp3) is 0.778. The minimum atomic E-state index is 0.418. The molecule has 1 aromatic heterocycles. The Balaban J connectivity index is 1.88. The Morgan fingerprint density at radius 2 is 2.57 bits per heavy atom. The van der Waals surface area contributed by atoms with E-state index in [0.29, 0.717) is 24.4 Å². The van der Waals surface area contributed by atoms with Crippen molar-refractivity contribution in [1.82, 2.24) is 15.5 Å². The molecular formula is C9H15N3O2. The van der Waals surface area contributed by atoms with Gasteiger partial charge in [-0.1, -0.05) is 5.16 Å². The first-order valence-corrected chi connectivity index (χ1v) is 4.92. The molecule has 2 heterocycles. The van der Waals surface area contributed by atoms with E-state index in [4.69, 9.17) is 9.26 Å². The molecule has 1 unspecified atom stereocenters. The van der Waals surface area contributed by atoms with E-state index in [-0.39, 0.29) is 0 Å². The third-order valence-electron chi connectivity index (χ3n) is 2.37. The van der Waals surface area contributed by atoms with Crippen LogP contribution in [-0.2, 0) is 17.8 Å². The maximum Gasteiger partial charge on any atom is 0.228 e. The van der Waals surface area contributed by atoms with Crippen LogP contribution in [0.15, 0.2) is 4.52 Å². The molecule has 0 bridgehead atoms. The van der Waals surface area contributed by atoms with Gasteiger partial charge in [-0.3, -0.25) is 0 Å². The number of nitrogens with zero attached hydrogens (tertiary/aromatic N) is 2. The van der Waals surface area contributed by atoms with Crippen LogP contribution in [0.1, 0.15) is 24.6 Å². The van der Waals surface area contributed by atoms with Crippen molar-refractivity contribution in [3.05, 3.63) is 11.7 Å². The Labute approximate surface area is 82.8 Å². The summed E-state index contributed by atoms with van der Waals surface area (Å²) in [6, 6.07) is 0.505. The highest BCUT2D eigenvalue weighted by Crippen LogP contribution is 2.10. The molecule has 0 amide bonds. The molecular weight excluding hydrogens is 182 g/mol. The summed E-state index contributed by atoms with van der Waals surface area (Å²) in [6.45, 7) is 1.52. The van der Waals surface area contributed by atoms with Crippen LogP contribution in [0.2, 0.25) is 0 Å². The van der Waals surface area contributed by atoms with E-state index in [9.17, 15) is 0 Å². The number of rotatable bonds is 4. The van der Waals surface area contributed by atoms with E-state index in [2.05, 4.69) is 15.5 Å². The van der Waals surface area contributed by atoms with Crippen LogP contribution in [0.5, 0.6) is 0 Å². The highest BCUT2D eigenvalue weighted by Gasteiger charge is 2.17. The van der Waals surface area contributed by atoms with Crippen molar-refractivity contribution in [3.8, 4) is 0 Å². The summed E-state index contributed by atoms with van der Waals surface area (Å²) in [5.74, 6) is 1.33. The highest BCUT2D eigenvalue weighted by molar-refractivity contribution is 4.90. The lowest BCUT2D eigenvalue weighted by molar-refractivity contribution is 0.174. The first kappa shape index (κ1) is 9.61. The molecule has 0 radical (unpaired) electrons. The Kier molecular flexibility index (Phi) is 3.10. The lowest BCUT2D eigenvalue weighted by atomic mass is 10.2. The first-order valence-electron chi connectivity index (χ1n) is 4.92. The van der Waals surface area contributed by atoms with E-state index >= 15 is 0 Å². The smallest absolute Gasteiger partial charge is 0.228 e. The van der Waals surface area contributed by atoms with Gasteiger partial charge in [-0.25, -0.2) is 0 Å². The Bertz CT molecular complexity index is 281. The highest BCUT2D eigenvalue weighted by atomic mass is 16.5. The van der Waals surface area contributed by atoms with Gasteiger partial charge in [0.15, 0.2) is 5.82 Å². The van der Waals surface area contributed by atoms with Gasteiger partial charge in [0.25, 0.3) is 0 Å². The molecule has 1 saturated heterocycles. The molecule has 0 aliphatic carbocycles. The molecule has 0 saturated carbocycles. The van der Waals surface area contributed by atoms with Crippen LogP contribution in [0, 0.1) is 0 Å². The molecule has 0 spiro atoms. The molecule has 5 heteroatoms. The molecule has 1 N–H and O–H groups in total. The molecule has 1 aliphatic rings. The maximum absolute atomic E-state index is 5.10. The average Bonchev–Trinajstić information content (AvgIpc) is 2.79. The second-order valence-electron chi connectivity index (χ2n) is 3.53. The van der Waals surface area contributed by atoms with Crippen molar-refractivity contribution < 1.29 is 9.26 Å². The first-order chi connectivity index (χ1) is 6.88. The molecule has 14 heavy (non-hydrogen) atoms. The van der Waals surface area contributed by atoms with Crippen LogP contribution in [0.4, 0.5) is 0 Å². The van der Waals surface area contributed by atoms with Gasteiger partial charge in [-0.15, -0.1) is 0 Å². The predicted molar refractivity (Wildman–Crippen MR) is 49.7 cm³/mol. The fourth-order valence-electron chi connectivity index (χ4n) is 1.70. The Morgan fingerprint density at radius 1 is 1.64 bits per heavy atom. The lowest BCUT2D eigenvalue weighted by Gasteiger charge is -2.04. The predicted octanol–water partition coefficient (Wildman–Crippen LogP) is 0.510. The second-order valence-corrected chi connectivity index (χ2v) is 3.53. The van der Waals surface area contributed by atoms with E-state index in [1.807, 2.05) is 0 Å². The van der Waals surface area contributed by atoms with Crippen molar-refractivity contribution in [1.29, 1.82) is 0 Å². The summed E-state index contributed by atoms with van der Waals surface area (Å²) in [5, 5.41) is 7.20. The van der Waals surface area contributed by atoms with Crippen molar-refractivity contribution in [2.75, 3.05) is 13.7 Å². The van der Waals surface area contributed by atoms with E-state index in [1.54, 1.807) is 7.11 Å². The topological polar surface area (TPSA) is 60.2 Å². The van der Waals surface area contributed by atoms with Crippen molar-refractivity contribution in [3.63, 3.8) is 0 Å². The summed E-state index contributed by atoms with van der Waals surface area (Å²) in [7, 11) is 1.62. The molecule has 78 valence electrons. The van der Waals surface area contributed by atoms with Crippen LogP contribution >= 0.6 is 0 Å². The number of hydrogen-bond donors (Lipinski definition) is 1. The standard InChI is InChI=1S/C9H15N3O2/c1-13-6-8-11-9(14-12-8)5-7-3-2-4-10-7/h7,10H,2-6H2,1H3. The van der Waals surface area contributed by atoms with Gasteiger partial charge >= 0.3 is 0 Å². The number of methoxy groups -OCH3 is 1. The molecule has 5 nitrogen and oxygen atoms in total. The monoisotopic (exact) mass is 197 g/mol. The van der Waals surface area contributed by atoms with Crippen LogP contribution in [0.25, 0.3) is 0 Å². The molecule has 1 atom stereocenters. The zero-order valence-corrected chi connectivity index (χ0v) is 8.32. The third-order valence-corrected chi connectivity index (χ3v) is 2.37. The van der Waals surface area contributed by atoms with Gasteiger partial charge in [0, 0.05) is 19.6 Å². The second kappa shape index (κ2) is 4.52.